The first-order valence-electron chi connectivity index (χ1n) is 5.84. The van der Waals surface area contributed by atoms with Gasteiger partial charge < -0.3 is 0 Å². The molecule has 1 atom stereocenters. The average molecular weight is 252 g/mol. The molecule has 4 nitrogen and oxygen atoms in total. The molecule has 17 heavy (non-hydrogen) atoms. The van der Waals surface area contributed by atoms with E-state index in [0.717, 1.165) is 10.2 Å². The maximum Gasteiger partial charge on any atom is 0.192 e. The highest BCUT2D eigenvalue weighted by Gasteiger charge is 2.43. The number of hydrogen-bond acceptors (Lipinski definition) is 4. The van der Waals surface area contributed by atoms with Crippen molar-refractivity contribution in [2.24, 2.45) is 20.9 Å². The van der Waals surface area contributed by atoms with Gasteiger partial charge in [-0.1, -0.05) is 41.5 Å². The average Bonchev–Trinajstić information content (AvgIpc) is 2.63. The topological polar surface area (TPSA) is 51.8 Å². The van der Waals surface area contributed by atoms with Crippen molar-refractivity contribution >= 4 is 27.8 Å². The predicted octanol–water partition coefficient (Wildman–Crippen LogP) is 3.16. The summed E-state index contributed by atoms with van der Waals surface area (Å²) in [5.41, 5.74) is 0.00142. The summed E-state index contributed by atoms with van der Waals surface area (Å²) < 4.78 is 0. The van der Waals surface area contributed by atoms with Gasteiger partial charge in [0.15, 0.2) is 11.0 Å². The Bertz CT molecular complexity index is 423. The number of nitrogens with one attached hydrogen (secondary N) is 1. The molecule has 0 spiro atoms. The molecule has 5 heteroatoms. The zero-order chi connectivity index (χ0) is 13.0. The number of nitrogens with zero attached hydrogens (tertiary/aromatic N) is 3. The van der Waals surface area contributed by atoms with E-state index in [9.17, 15) is 0 Å². The van der Waals surface area contributed by atoms with Crippen LogP contribution < -0.4 is 0 Å². The van der Waals surface area contributed by atoms with Crippen LogP contribution in [0, 0.1) is 16.2 Å². The molecule has 0 aromatic carbocycles. The molecular formula is C12H20N4S. The van der Waals surface area contributed by atoms with Crippen molar-refractivity contribution in [3.8, 4) is 0 Å². The van der Waals surface area contributed by atoms with Gasteiger partial charge in [-0.05, 0) is 17.2 Å². The van der Waals surface area contributed by atoms with Crippen molar-refractivity contribution in [1.29, 1.82) is 5.41 Å². The molecule has 0 aliphatic carbocycles. The van der Waals surface area contributed by atoms with Gasteiger partial charge in [0.05, 0.1) is 0 Å². The Hall–Kier alpha value is -0.840. The van der Waals surface area contributed by atoms with E-state index in [4.69, 9.17) is 5.41 Å². The lowest BCUT2D eigenvalue weighted by molar-refractivity contribution is 0.379. The third kappa shape index (κ3) is 2.12. The number of aliphatic imine (C=N–C) groups is 1. The van der Waals surface area contributed by atoms with E-state index in [1.807, 2.05) is 0 Å². The molecule has 0 amide bonds. The summed E-state index contributed by atoms with van der Waals surface area (Å²) in [6, 6.07) is -0.0738. The molecule has 94 valence electrons. The molecule has 2 heterocycles. The number of hydrazone groups is 1. The lowest BCUT2D eigenvalue weighted by Gasteiger charge is -2.25. The lowest BCUT2D eigenvalue weighted by Crippen LogP contribution is -2.35. The standard InChI is InChI=1S/C12H20N4S/c1-11(2,3)7-8(13)16-10(14-7)17-9(15-16)12(4,5)6/h7,13H,1-6H3. The van der Waals surface area contributed by atoms with E-state index < -0.39 is 0 Å². The van der Waals surface area contributed by atoms with Gasteiger partial charge in [0.25, 0.3) is 0 Å². The molecule has 1 unspecified atom stereocenters. The molecule has 0 bridgehead atoms. The summed E-state index contributed by atoms with van der Waals surface area (Å²) >= 11 is 1.60. The van der Waals surface area contributed by atoms with Gasteiger partial charge in [0, 0.05) is 5.41 Å². The summed E-state index contributed by atoms with van der Waals surface area (Å²) in [6.07, 6.45) is 0. The fourth-order valence-corrected chi connectivity index (χ4v) is 2.70. The van der Waals surface area contributed by atoms with E-state index in [-0.39, 0.29) is 16.9 Å². The summed E-state index contributed by atoms with van der Waals surface area (Å²) in [5.74, 6) is 0.499. The van der Waals surface area contributed by atoms with Crippen molar-refractivity contribution in [2.75, 3.05) is 0 Å². The Morgan fingerprint density at radius 3 is 2.18 bits per heavy atom. The molecule has 0 fully saturated rings. The van der Waals surface area contributed by atoms with Crippen molar-refractivity contribution in [1.82, 2.24) is 5.01 Å². The molecule has 1 N–H and O–H groups in total. The van der Waals surface area contributed by atoms with Crippen LogP contribution in [0.15, 0.2) is 10.1 Å². The fraction of sp³-hybridized carbons (Fsp3) is 0.750. The summed E-state index contributed by atoms with van der Waals surface area (Å²) in [5, 5.41) is 16.3. The van der Waals surface area contributed by atoms with E-state index >= 15 is 0 Å². The van der Waals surface area contributed by atoms with Gasteiger partial charge in [-0.15, -0.1) is 0 Å². The number of rotatable bonds is 0. The Morgan fingerprint density at radius 2 is 1.76 bits per heavy atom. The molecule has 0 aromatic rings. The second-order valence-electron chi connectivity index (χ2n) is 6.63. The third-order valence-corrected chi connectivity index (χ3v) is 4.10. The number of amidine groups is 2. The highest BCUT2D eigenvalue weighted by molar-refractivity contribution is 8.27. The van der Waals surface area contributed by atoms with Gasteiger partial charge in [0.2, 0.25) is 0 Å². The summed E-state index contributed by atoms with van der Waals surface area (Å²) in [4.78, 5) is 4.63. The van der Waals surface area contributed by atoms with Crippen molar-refractivity contribution in [3.63, 3.8) is 0 Å². The van der Waals surface area contributed by atoms with Crippen LogP contribution in [0.3, 0.4) is 0 Å². The van der Waals surface area contributed by atoms with Crippen LogP contribution in [-0.4, -0.2) is 27.1 Å². The number of thioether (sulfide) groups is 1. The van der Waals surface area contributed by atoms with Crippen LogP contribution in [0.25, 0.3) is 0 Å². The minimum absolute atomic E-state index is 0.0214. The van der Waals surface area contributed by atoms with Crippen LogP contribution in [0.2, 0.25) is 0 Å². The molecule has 0 saturated carbocycles. The van der Waals surface area contributed by atoms with Crippen LogP contribution in [0.5, 0.6) is 0 Å². The van der Waals surface area contributed by atoms with Gasteiger partial charge in [-0.25, -0.2) is 4.99 Å². The third-order valence-electron chi connectivity index (χ3n) is 2.75. The highest BCUT2D eigenvalue weighted by atomic mass is 32.2. The second-order valence-corrected chi connectivity index (χ2v) is 7.59. The van der Waals surface area contributed by atoms with Gasteiger partial charge in [-0.3, -0.25) is 5.41 Å². The highest BCUT2D eigenvalue weighted by Crippen LogP contribution is 2.38. The molecule has 0 aromatic heterocycles. The van der Waals surface area contributed by atoms with E-state index in [1.54, 1.807) is 16.8 Å². The zero-order valence-electron chi connectivity index (χ0n) is 11.3. The quantitative estimate of drug-likeness (QED) is 0.720. The minimum Gasteiger partial charge on any atom is -0.285 e. The van der Waals surface area contributed by atoms with Crippen molar-refractivity contribution in [3.05, 3.63) is 0 Å². The normalized spacial score (nSPS) is 24.9. The number of hydrogen-bond donors (Lipinski definition) is 1. The van der Waals surface area contributed by atoms with E-state index in [1.165, 1.54) is 0 Å². The first-order valence-corrected chi connectivity index (χ1v) is 6.65. The van der Waals surface area contributed by atoms with Crippen molar-refractivity contribution in [2.45, 2.75) is 47.6 Å². The van der Waals surface area contributed by atoms with Crippen LogP contribution >= 0.6 is 11.8 Å². The zero-order valence-corrected chi connectivity index (χ0v) is 12.1. The van der Waals surface area contributed by atoms with Gasteiger partial charge in [0.1, 0.15) is 11.1 Å². The van der Waals surface area contributed by atoms with Gasteiger partial charge >= 0.3 is 0 Å². The fourth-order valence-electron chi connectivity index (χ4n) is 1.72. The SMILES string of the molecule is CC(C)(C)C1=NN2C(=N)C(C(C)(C)C)N=C2S1. The number of fused-ring (bicyclic) bond motifs is 1. The monoisotopic (exact) mass is 252 g/mol. The predicted molar refractivity (Wildman–Crippen MR) is 74.7 cm³/mol. The van der Waals surface area contributed by atoms with Crippen LogP contribution in [-0.2, 0) is 0 Å². The van der Waals surface area contributed by atoms with Crippen LogP contribution in [0.4, 0.5) is 0 Å². The maximum absolute atomic E-state index is 8.17. The molecule has 0 saturated heterocycles. The largest absolute Gasteiger partial charge is 0.285 e. The van der Waals surface area contributed by atoms with E-state index in [2.05, 4.69) is 51.6 Å². The Morgan fingerprint density at radius 1 is 1.18 bits per heavy atom. The van der Waals surface area contributed by atoms with E-state index in [0.29, 0.717) is 5.84 Å². The molecule has 2 rings (SSSR count). The Kier molecular flexibility index (Phi) is 2.65. The molecule has 0 radical (unpaired) electrons. The van der Waals surface area contributed by atoms with Crippen molar-refractivity contribution < 1.29 is 0 Å². The van der Waals surface area contributed by atoms with Crippen LogP contribution in [0.1, 0.15) is 41.5 Å². The maximum atomic E-state index is 8.17. The first-order chi connectivity index (χ1) is 7.60. The smallest absolute Gasteiger partial charge is 0.192 e. The second kappa shape index (κ2) is 3.57. The molecule has 2 aliphatic heterocycles. The molecular weight excluding hydrogens is 232 g/mol. The Balaban J connectivity index is 2.26. The lowest BCUT2D eigenvalue weighted by atomic mass is 9.87. The van der Waals surface area contributed by atoms with Gasteiger partial charge in [-0.2, -0.15) is 10.1 Å². The first kappa shape index (κ1) is 12.6. The minimum atomic E-state index is -0.0738. The Labute approximate surface area is 107 Å². The summed E-state index contributed by atoms with van der Waals surface area (Å²) in [7, 11) is 0. The molecule has 2 aliphatic rings. The summed E-state index contributed by atoms with van der Waals surface area (Å²) in [6.45, 7) is 12.7.